The van der Waals surface area contributed by atoms with Gasteiger partial charge < -0.3 is 5.32 Å². The first kappa shape index (κ1) is 22.8. The van der Waals surface area contributed by atoms with Gasteiger partial charge in [-0.3, -0.25) is 19.1 Å². The highest BCUT2D eigenvalue weighted by Gasteiger charge is 2.20. The Labute approximate surface area is 196 Å². The van der Waals surface area contributed by atoms with Crippen molar-refractivity contribution in [2.45, 2.75) is 32.9 Å². The number of rotatable bonds is 7. The lowest BCUT2D eigenvalue weighted by molar-refractivity contribution is 0.0941. The maximum atomic E-state index is 13.3. The maximum Gasteiger partial charge on any atom is 0.352 e. The number of carbonyl (C=O) groups excluding carboxylic acids is 1. The molecule has 1 amide bonds. The Morgan fingerprint density at radius 1 is 0.912 bits per heavy atom. The van der Waals surface area contributed by atoms with Crippen molar-refractivity contribution < 1.29 is 4.79 Å². The van der Waals surface area contributed by atoms with E-state index < -0.39 is 17.2 Å². The number of hydrogen-bond donors (Lipinski definition) is 1. The molecule has 0 saturated heterocycles. The van der Waals surface area contributed by atoms with Crippen LogP contribution in [-0.2, 0) is 13.1 Å². The second kappa shape index (κ2) is 10.1. The molecule has 0 fully saturated rings. The topological polar surface area (TPSA) is 98.9 Å². The maximum absolute atomic E-state index is 13.3. The van der Waals surface area contributed by atoms with Crippen molar-refractivity contribution in [1.82, 2.24) is 24.6 Å². The summed E-state index contributed by atoms with van der Waals surface area (Å²) in [4.78, 5) is 43.4. The van der Waals surface area contributed by atoms with Gasteiger partial charge in [0.2, 0.25) is 5.69 Å². The molecule has 0 aliphatic carbocycles. The van der Waals surface area contributed by atoms with E-state index in [1.54, 1.807) is 36.7 Å². The van der Waals surface area contributed by atoms with Crippen LogP contribution < -0.4 is 16.6 Å². The van der Waals surface area contributed by atoms with Crippen LogP contribution >= 0.6 is 0 Å². The van der Waals surface area contributed by atoms with Gasteiger partial charge in [-0.2, -0.15) is 9.78 Å². The number of pyridine rings is 1. The summed E-state index contributed by atoms with van der Waals surface area (Å²) < 4.78 is 2.15. The zero-order valence-corrected chi connectivity index (χ0v) is 19.0. The fourth-order valence-corrected chi connectivity index (χ4v) is 3.50. The number of benzene rings is 2. The lowest BCUT2D eigenvalue weighted by Gasteiger charge is -2.13. The molecule has 0 unspecified atom stereocenters. The molecule has 2 aromatic carbocycles. The molecule has 172 valence electrons. The molecular weight excluding hydrogens is 430 g/mol. The van der Waals surface area contributed by atoms with Gasteiger partial charge >= 0.3 is 5.69 Å². The standard InChI is InChI=1S/C26H25N5O3/c1-18(2)21-8-10-22(11-9-21)31-26(34)30(17-20-6-4-3-5-7-20)25(33)23(29-31)24(32)28-16-19-12-14-27-15-13-19/h3-15,18H,16-17H2,1-2H3,(H,28,32). The Kier molecular flexibility index (Phi) is 6.77. The van der Waals surface area contributed by atoms with Gasteiger partial charge in [-0.25, -0.2) is 4.79 Å². The lowest BCUT2D eigenvalue weighted by atomic mass is 10.0. The van der Waals surface area contributed by atoms with Gasteiger partial charge in [0.1, 0.15) is 0 Å². The smallest absolute Gasteiger partial charge is 0.346 e. The second-order valence-corrected chi connectivity index (χ2v) is 8.20. The van der Waals surface area contributed by atoms with Crippen molar-refractivity contribution in [3.05, 3.63) is 122 Å². The summed E-state index contributed by atoms with van der Waals surface area (Å²) in [7, 11) is 0. The Morgan fingerprint density at radius 2 is 1.59 bits per heavy atom. The monoisotopic (exact) mass is 455 g/mol. The fraction of sp³-hybridized carbons (Fsp3) is 0.192. The van der Waals surface area contributed by atoms with Gasteiger partial charge in [0.05, 0.1) is 12.2 Å². The van der Waals surface area contributed by atoms with Crippen LogP contribution in [-0.4, -0.2) is 25.2 Å². The first-order chi connectivity index (χ1) is 16.4. The van der Waals surface area contributed by atoms with E-state index in [2.05, 4.69) is 29.2 Å². The predicted molar refractivity (Wildman–Crippen MR) is 129 cm³/mol. The van der Waals surface area contributed by atoms with Gasteiger partial charge in [-0.15, -0.1) is 0 Å². The minimum absolute atomic E-state index is 0.0236. The van der Waals surface area contributed by atoms with Crippen molar-refractivity contribution in [2.24, 2.45) is 0 Å². The summed E-state index contributed by atoms with van der Waals surface area (Å²) in [5.74, 6) is -0.337. The highest BCUT2D eigenvalue weighted by atomic mass is 16.2. The van der Waals surface area contributed by atoms with Crippen molar-refractivity contribution in [3.8, 4) is 5.69 Å². The third-order valence-electron chi connectivity index (χ3n) is 5.47. The molecule has 0 radical (unpaired) electrons. The number of aromatic nitrogens is 4. The summed E-state index contributed by atoms with van der Waals surface area (Å²) in [5, 5.41) is 6.89. The van der Waals surface area contributed by atoms with E-state index in [0.717, 1.165) is 25.9 Å². The average Bonchev–Trinajstić information content (AvgIpc) is 2.86. The van der Waals surface area contributed by atoms with E-state index in [1.807, 2.05) is 42.5 Å². The molecule has 0 bridgehead atoms. The third-order valence-corrected chi connectivity index (χ3v) is 5.47. The summed E-state index contributed by atoms with van der Waals surface area (Å²) >= 11 is 0. The van der Waals surface area contributed by atoms with E-state index in [4.69, 9.17) is 0 Å². The van der Waals surface area contributed by atoms with E-state index >= 15 is 0 Å². The molecular formula is C26H25N5O3. The van der Waals surface area contributed by atoms with Crippen LogP contribution in [0.4, 0.5) is 0 Å². The molecule has 4 aromatic rings. The summed E-state index contributed by atoms with van der Waals surface area (Å²) in [5.41, 5.74) is 1.46. The highest BCUT2D eigenvalue weighted by molar-refractivity contribution is 5.91. The van der Waals surface area contributed by atoms with Crippen LogP contribution in [0.15, 0.2) is 88.7 Å². The van der Waals surface area contributed by atoms with E-state index in [0.29, 0.717) is 11.6 Å². The third kappa shape index (κ3) is 5.01. The molecule has 8 heteroatoms. The zero-order chi connectivity index (χ0) is 24.1. The molecule has 4 rings (SSSR count). The molecule has 8 nitrogen and oxygen atoms in total. The Hall–Kier alpha value is -4.33. The summed E-state index contributed by atoms with van der Waals surface area (Å²) in [6, 6.07) is 20.0. The first-order valence-electron chi connectivity index (χ1n) is 11.0. The van der Waals surface area contributed by atoms with E-state index in [9.17, 15) is 14.4 Å². The fourth-order valence-electron chi connectivity index (χ4n) is 3.50. The summed E-state index contributed by atoms with van der Waals surface area (Å²) in [6.07, 6.45) is 3.24. The Balaban J connectivity index is 1.77. The molecule has 1 N–H and O–H groups in total. The quantitative estimate of drug-likeness (QED) is 0.462. The van der Waals surface area contributed by atoms with Gasteiger partial charge in [-0.1, -0.05) is 56.3 Å². The van der Waals surface area contributed by atoms with Crippen molar-refractivity contribution in [2.75, 3.05) is 0 Å². The minimum Gasteiger partial charge on any atom is -0.346 e. The van der Waals surface area contributed by atoms with Gasteiger partial charge in [0.15, 0.2) is 0 Å². The van der Waals surface area contributed by atoms with Crippen molar-refractivity contribution in [1.29, 1.82) is 0 Å². The summed E-state index contributed by atoms with van der Waals surface area (Å²) in [6.45, 7) is 4.37. The minimum atomic E-state index is -0.740. The van der Waals surface area contributed by atoms with Crippen molar-refractivity contribution in [3.63, 3.8) is 0 Å². The SMILES string of the molecule is CC(C)c1ccc(-n2nc(C(=O)NCc3ccncc3)c(=O)n(Cc3ccccc3)c2=O)cc1. The van der Waals surface area contributed by atoms with Gasteiger partial charge in [0.25, 0.3) is 11.5 Å². The molecule has 0 atom stereocenters. The number of carbonyl (C=O) groups is 1. The van der Waals surface area contributed by atoms with Crippen LogP contribution in [0.2, 0.25) is 0 Å². The molecule has 2 aromatic heterocycles. The van der Waals surface area contributed by atoms with Crippen LogP contribution in [0.5, 0.6) is 0 Å². The number of hydrogen-bond acceptors (Lipinski definition) is 5. The molecule has 34 heavy (non-hydrogen) atoms. The van der Waals surface area contributed by atoms with E-state index in [-0.39, 0.29) is 18.8 Å². The molecule has 0 saturated carbocycles. The number of amides is 1. The average molecular weight is 456 g/mol. The zero-order valence-electron chi connectivity index (χ0n) is 19.0. The second-order valence-electron chi connectivity index (χ2n) is 8.20. The highest BCUT2D eigenvalue weighted by Crippen LogP contribution is 2.15. The Bertz CT molecular complexity index is 1390. The molecule has 0 spiro atoms. The van der Waals surface area contributed by atoms with E-state index in [1.165, 1.54) is 0 Å². The van der Waals surface area contributed by atoms with Gasteiger partial charge in [0, 0.05) is 18.9 Å². The molecule has 2 heterocycles. The largest absolute Gasteiger partial charge is 0.352 e. The normalized spacial score (nSPS) is 10.9. The van der Waals surface area contributed by atoms with Crippen LogP contribution in [0.1, 0.15) is 46.9 Å². The van der Waals surface area contributed by atoms with Crippen molar-refractivity contribution >= 4 is 5.91 Å². The lowest BCUT2D eigenvalue weighted by Crippen LogP contribution is -2.46. The Morgan fingerprint density at radius 3 is 2.24 bits per heavy atom. The predicted octanol–water partition coefficient (Wildman–Crippen LogP) is 2.89. The van der Waals surface area contributed by atoms with Crippen LogP contribution in [0.25, 0.3) is 5.69 Å². The van der Waals surface area contributed by atoms with Crippen LogP contribution in [0.3, 0.4) is 0 Å². The first-order valence-corrected chi connectivity index (χ1v) is 11.0. The number of nitrogens with one attached hydrogen (secondary N) is 1. The molecule has 0 aliphatic heterocycles. The molecule has 0 aliphatic rings. The van der Waals surface area contributed by atoms with Gasteiger partial charge in [-0.05, 0) is 46.9 Å². The number of nitrogens with zero attached hydrogens (tertiary/aromatic N) is 4. The van der Waals surface area contributed by atoms with Crippen LogP contribution in [0, 0.1) is 0 Å².